The summed E-state index contributed by atoms with van der Waals surface area (Å²) in [5, 5.41) is 0. The van der Waals surface area contributed by atoms with E-state index in [1.807, 2.05) is 36.0 Å². The number of anilines is 4. The lowest BCUT2D eigenvalue weighted by Gasteiger charge is -2.39. The van der Waals surface area contributed by atoms with Gasteiger partial charge in [-0.2, -0.15) is 0 Å². The number of carbonyl (C=O) groups is 1. The molecule has 0 radical (unpaired) electrons. The third kappa shape index (κ3) is 5.06. The monoisotopic (exact) mass is 640 g/mol. The number of hydrogen-bond donors (Lipinski definition) is 0. The Labute approximate surface area is 282 Å². The van der Waals surface area contributed by atoms with Crippen molar-refractivity contribution in [2.75, 3.05) is 28.6 Å². The van der Waals surface area contributed by atoms with Crippen LogP contribution in [0.2, 0.25) is 0 Å². The number of nitrogens with zero attached hydrogens (tertiary/aromatic N) is 2. The lowest BCUT2D eigenvalue weighted by Crippen LogP contribution is -2.33. The van der Waals surface area contributed by atoms with E-state index in [0.29, 0.717) is 17.1 Å². The molecule has 7 rings (SSSR count). The predicted octanol–water partition coefficient (Wildman–Crippen LogP) is 10.7. The van der Waals surface area contributed by atoms with E-state index in [1.54, 1.807) is 0 Å². The van der Waals surface area contributed by atoms with Gasteiger partial charge in [-0.3, -0.25) is 0 Å². The van der Waals surface area contributed by atoms with E-state index in [0.717, 1.165) is 80.7 Å². The molecule has 2 aliphatic rings. The Bertz CT molecular complexity index is 1940. The van der Waals surface area contributed by atoms with Crippen molar-refractivity contribution in [3.63, 3.8) is 0 Å². The number of rotatable bonds is 9. The smallest absolute Gasteiger partial charge is 0.340 e. The molecular formula is C41H40N2O3S. The van der Waals surface area contributed by atoms with E-state index in [2.05, 4.69) is 123 Å². The molecule has 0 N–H and O–H groups in total. The standard InChI is InChI=1S/C41H40N2O3S/c1-6-23-47-39-26-38-33(25-36(39)43(34-19-13-9-15-27(34)4)35-20-14-10-16-28(35)5)41(31-18-12-11-17-30(31)40(44)46-41)32-22-21-29(24-37(32)45-38)42(7-2)8-3/h9-22,24-26H,6-8,23H2,1-5H3. The van der Waals surface area contributed by atoms with Crippen molar-refractivity contribution in [2.24, 2.45) is 0 Å². The molecule has 2 heterocycles. The quantitative estimate of drug-likeness (QED) is 0.118. The van der Waals surface area contributed by atoms with Crippen molar-refractivity contribution < 1.29 is 14.3 Å². The molecule has 2 aliphatic heterocycles. The number of para-hydroxylation sites is 2. The molecule has 5 aromatic rings. The van der Waals surface area contributed by atoms with Crippen LogP contribution in [-0.4, -0.2) is 24.8 Å². The molecule has 0 amide bonds. The highest BCUT2D eigenvalue weighted by Crippen LogP contribution is 2.59. The van der Waals surface area contributed by atoms with E-state index in [9.17, 15) is 4.79 Å². The molecule has 0 saturated carbocycles. The van der Waals surface area contributed by atoms with Gasteiger partial charge < -0.3 is 19.3 Å². The summed E-state index contributed by atoms with van der Waals surface area (Å²) in [5.41, 5.74) is 8.53. The number of thioether (sulfide) groups is 1. The van der Waals surface area contributed by atoms with Crippen molar-refractivity contribution >= 4 is 40.5 Å². The van der Waals surface area contributed by atoms with Crippen molar-refractivity contribution in [1.29, 1.82) is 0 Å². The summed E-state index contributed by atoms with van der Waals surface area (Å²) in [7, 11) is 0. The largest absolute Gasteiger partial charge is 0.456 e. The van der Waals surface area contributed by atoms with Gasteiger partial charge in [0.05, 0.1) is 11.3 Å². The maximum atomic E-state index is 13.7. The lowest BCUT2D eigenvalue weighted by atomic mass is 9.77. The molecule has 1 unspecified atom stereocenters. The Balaban J connectivity index is 1.54. The highest BCUT2D eigenvalue weighted by molar-refractivity contribution is 7.99. The lowest BCUT2D eigenvalue weighted by molar-refractivity contribution is 0.0224. The van der Waals surface area contributed by atoms with Crippen LogP contribution >= 0.6 is 11.8 Å². The van der Waals surface area contributed by atoms with Gasteiger partial charge in [0, 0.05) is 57.8 Å². The summed E-state index contributed by atoms with van der Waals surface area (Å²) in [6.45, 7) is 12.6. The number of benzene rings is 5. The van der Waals surface area contributed by atoms with Crippen molar-refractivity contribution in [3.05, 3.63) is 137 Å². The summed E-state index contributed by atoms with van der Waals surface area (Å²) < 4.78 is 13.5. The predicted molar refractivity (Wildman–Crippen MR) is 193 cm³/mol. The Kier molecular flexibility index (Phi) is 8.23. The number of fused-ring (bicyclic) bond motifs is 6. The van der Waals surface area contributed by atoms with Crippen LogP contribution in [-0.2, 0) is 10.3 Å². The zero-order chi connectivity index (χ0) is 32.7. The number of ether oxygens (including phenoxy) is 2. The van der Waals surface area contributed by atoms with Gasteiger partial charge in [0.2, 0.25) is 0 Å². The van der Waals surface area contributed by atoms with Crippen molar-refractivity contribution in [1.82, 2.24) is 0 Å². The molecule has 6 heteroatoms. The van der Waals surface area contributed by atoms with E-state index in [4.69, 9.17) is 9.47 Å². The SMILES string of the molecule is CCCSc1cc2c(cc1N(c1ccccc1C)c1ccccc1C)C1(OC(=O)c3ccccc31)c1ccc(N(CC)CC)cc1O2. The first kappa shape index (κ1) is 30.9. The zero-order valence-corrected chi connectivity index (χ0v) is 28.5. The molecule has 0 aliphatic carbocycles. The van der Waals surface area contributed by atoms with Gasteiger partial charge in [0.25, 0.3) is 0 Å². The van der Waals surface area contributed by atoms with Gasteiger partial charge in [-0.1, -0.05) is 61.5 Å². The van der Waals surface area contributed by atoms with E-state index >= 15 is 0 Å². The van der Waals surface area contributed by atoms with Crippen LogP contribution in [0.15, 0.2) is 108 Å². The van der Waals surface area contributed by atoms with Crippen LogP contribution < -0.4 is 14.5 Å². The second-order valence-corrected chi connectivity index (χ2v) is 13.3. The third-order valence-corrected chi connectivity index (χ3v) is 10.6. The van der Waals surface area contributed by atoms with Crippen LogP contribution in [0, 0.1) is 13.8 Å². The third-order valence-electron chi connectivity index (χ3n) is 9.32. The molecule has 1 atom stereocenters. The van der Waals surface area contributed by atoms with Crippen LogP contribution in [0.4, 0.5) is 22.7 Å². The van der Waals surface area contributed by atoms with E-state index in [1.165, 1.54) is 0 Å². The number of esters is 1. The molecule has 5 aromatic carbocycles. The maximum Gasteiger partial charge on any atom is 0.340 e. The normalized spacial score (nSPS) is 15.8. The van der Waals surface area contributed by atoms with Gasteiger partial charge in [-0.15, -0.1) is 11.8 Å². The average molecular weight is 641 g/mol. The van der Waals surface area contributed by atoms with Gasteiger partial charge in [0.1, 0.15) is 11.5 Å². The van der Waals surface area contributed by atoms with Crippen molar-refractivity contribution in [3.8, 4) is 11.5 Å². The minimum Gasteiger partial charge on any atom is -0.456 e. The average Bonchev–Trinajstić information content (AvgIpc) is 3.38. The van der Waals surface area contributed by atoms with Crippen LogP contribution in [0.1, 0.15) is 65.4 Å². The van der Waals surface area contributed by atoms with Gasteiger partial charge in [-0.25, -0.2) is 4.79 Å². The number of hydrogen-bond acceptors (Lipinski definition) is 6. The molecule has 0 fully saturated rings. The molecule has 1 spiro atoms. The van der Waals surface area contributed by atoms with Gasteiger partial charge in [0.15, 0.2) is 5.60 Å². The Morgan fingerprint density at radius 1 is 0.681 bits per heavy atom. The van der Waals surface area contributed by atoms with Crippen LogP contribution in [0.5, 0.6) is 11.5 Å². The summed E-state index contributed by atoms with van der Waals surface area (Å²) in [6.07, 6.45) is 1.03. The Morgan fingerprint density at radius 3 is 1.98 bits per heavy atom. The second kappa shape index (κ2) is 12.5. The highest BCUT2D eigenvalue weighted by atomic mass is 32.2. The fourth-order valence-corrected chi connectivity index (χ4v) is 7.89. The summed E-state index contributed by atoms with van der Waals surface area (Å²) >= 11 is 1.83. The molecule has 238 valence electrons. The first-order valence-corrected chi connectivity index (χ1v) is 17.5. The van der Waals surface area contributed by atoms with E-state index < -0.39 is 5.60 Å². The first-order chi connectivity index (χ1) is 22.9. The molecule has 0 bridgehead atoms. The maximum absolute atomic E-state index is 13.7. The Morgan fingerprint density at radius 2 is 1.32 bits per heavy atom. The minimum absolute atomic E-state index is 0.326. The fraction of sp³-hybridized carbons (Fsp3) is 0.244. The topological polar surface area (TPSA) is 42.0 Å². The molecule has 5 nitrogen and oxygen atoms in total. The first-order valence-electron chi connectivity index (χ1n) is 16.5. The molecule has 0 aromatic heterocycles. The van der Waals surface area contributed by atoms with Gasteiger partial charge >= 0.3 is 5.97 Å². The van der Waals surface area contributed by atoms with Gasteiger partial charge in [-0.05, 0) is 93.5 Å². The summed E-state index contributed by atoms with van der Waals surface area (Å²) in [5.74, 6) is 2.04. The van der Waals surface area contributed by atoms with Crippen molar-refractivity contribution in [2.45, 2.75) is 51.5 Å². The highest BCUT2D eigenvalue weighted by Gasteiger charge is 2.54. The van der Waals surface area contributed by atoms with Crippen LogP contribution in [0.25, 0.3) is 0 Å². The second-order valence-electron chi connectivity index (χ2n) is 12.1. The van der Waals surface area contributed by atoms with Crippen LogP contribution in [0.3, 0.4) is 0 Å². The van der Waals surface area contributed by atoms with E-state index in [-0.39, 0.29) is 5.97 Å². The minimum atomic E-state index is -1.16. The summed E-state index contributed by atoms with van der Waals surface area (Å²) in [4.78, 5) is 19.5. The molecular weight excluding hydrogens is 601 g/mol. The molecule has 47 heavy (non-hydrogen) atoms. The fourth-order valence-electron chi connectivity index (χ4n) is 6.98. The zero-order valence-electron chi connectivity index (χ0n) is 27.7. The molecule has 0 saturated heterocycles. The summed E-state index contributed by atoms with van der Waals surface area (Å²) in [6, 6.07) is 35.5. The Hall–Kier alpha value is -4.68. The number of aryl methyl sites for hydroxylation is 2. The number of carbonyl (C=O) groups excluding carboxylic acids is 1.